The third kappa shape index (κ3) is 2.62. The molecule has 4 heteroatoms. The molecule has 2 rings (SSSR count). The second-order valence-corrected chi connectivity index (χ2v) is 5.52. The van der Waals surface area contributed by atoms with Crippen molar-refractivity contribution in [2.75, 3.05) is 18.0 Å². The third-order valence-electron chi connectivity index (χ3n) is 3.08. The number of aryl methyl sites for hydroxylation is 1. The molecule has 1 aromatic heterocycles. The maximum atomic E-state index is 9.04. The predicted octanol–water partition coefficient (Wildman–Crippen LogP) is 2.27. The third-order valence-corrected chi connectivity index (χ3v) is 3.08. The van der Waals surface area contributed by atoms with Crippen LogP contribution in [-0.2, 0) is 4.74 Å². The summed E-state index contributed by atoms with van der Waals surface area (Å²) in [5.74, 6) is 0.861. The zero-order valence-electron chi connectivity index (χ0n) is 11.4. The van der Waals surface area contributed by atoms with E-state index in [0.717, 1.165) is 24.5 Å². The highest BCUT2D eigenvalue weighted by Crippen LogP contribution is 2.25. The Morgan fingerprint density at radius 3 is 2.83 bits per heavy atom. The summed E-state index contributed by atoms with van der Waals surface area (Å²) >= 11 is 0. The predicted molar refractivity (Wildman–Crippen MR) is 70.5 cm³/mol. The number of hydrogen-bond acceptors (Lipinski definition) is 4. The van der Waals surface area contributed by atoms with E-state index >= 15 is 0 Å². The molecular weight excluding hydrogens is 226 g/mol. The monoisotopic (exact) mass is 245 g/mol. The summed E-state index contributed by atoms with van der Waals surface area (Å²) in [6.07, 6.45) is 0.169. The van der Waals surface area contributed by atoms with Crippen LogP contribution in [0.4, 0.5) is 5.82 Å². The number of ether oxygens (including phenoxy) is 1. The fourth-order valence-electron chi connectivity index (χ4n) is 2.44. The van der Waals surface area contributed by atoms with Gasteiger partial charge in [-0.1, -0.05) is 6.07 Å². The first kappa shape index (κ1) is 12.8. The lowest BCUT2D eigenvalue weighted by Crippen LogP contribution is -2.52. The molecule has 0 spiro atoms. The number of nitriles is 1. The van der Waals surface area contributed by atoms with Crippen LogP contribution in [0.1, 0.15) is 32.0 Å². The topological polar surface area (TPSA) is 49.1 Å². The van der Waals surface area contributed by atoms with E-state index in [1.165, 1.54) is 0 Å². The van der Waals surface area contributed by atoms with Gasteiger partial charge in [0.15, 0.2) is 0 Å². The summed E-state index contributed by atoms with van der Waals surface area (Å²) < 4.78 is 5.87. The van der Waals surface area contributed by atoms with Gasteiger partial charge in [-0.15, -0.1) is 0 Å². The molecule has 1 unspecified atom stereocenters. The van der Waals surface area contributed by atoms with Crippen LogP contribution < -0.4 is 4.90 Å². The van der Waals surface area contributed by atoms with Crippen LogP contribution in [-0.4, -0.2) is 29.8 Å². The van der Waals surface area contributed by atoms with Gasteiger partial charge in [0.1, 0.15) is 17.6 Å². The van der Waals surface area contributed by atoms with Gasteiger partial charge in [-0.05, 0) is 39.3 Å². The number of anilines is 1. The van der Waals surface area contributed by atoms with Crippen LogP contribution in [0.25, 0.3) is 0 Å². The standard InChI is InChI=1S/C14H19N3O/c1-10-5-6-13(16-12(10)7-15)17-8-11(2)18-14(3,4)9-17/h5-6,11H,8-9H2,1-4H3. The van der Waals surface area contributed by atoms with E-state index in [9.17, 15) is 0 Å². The molecule has 0 aromatic carbocycles. The lowest BCUT2D eigenvalue weighted by Gasteiger charge is -2.42. The van der Waals surface area contributed by atoms with Gasteiger partial charge < -0.3 is 9.64 Å². The SMILES string of the molecule is Cc1ccc(N2CC(C)OC(C)(C)C2)nc1C#N. The molecule has 4 nitrogen and oxygen atoms in total. The molecule has 0 bridgehead atoms. The molecule has 1 atom stereocenters. The molecule has 1 fully saturated rings. The van der Waals surface area contributed by atoms with Crippen LogP contribution in [0.2, 0.25) is 0 Å². The van der Waals surface area contributed by atoms with Gasteiger partial charge >= 0.3 is 0 Å². The van der Waals surface area contributed by atoms with Gasteiger partial charge in [0.25, 0.3) is 0 Å². The molecule has 96 valence electrons. The Morgan fingerprint density at radius 2 is 2.22 bits per heavy atom. The van der Waals surface area contributed by atoms with Crippen molar-refractivity contribution in [2.24, 2.45) is 0 Å². The molecule has 0 N–H and O–H groups in total. The van der Waals surface area contributed by atoms with Crippen LogP contribution in [0, 0.1) is 18.3 Å². The molecule has 0 amide bonds. The minimum absolute atomic E-state index is 0.169. The Kier molecular flexibility index (Phi) is 3.27. The fraction of sp³-hybridized carbons (Fsp3) is 0.571. The van der Waals surface area contributed by atoms with Gasteiger partial charge in [0.2, 0.25) is 0 Å². The highest BCUT2D eigenvalue weighted by Gasteiger charge is 2.32. The van der Waals surface area contributed by atoms with Gasteiger partial charge in [0, 0.05) is 13.1 Å². The molecule has 1 aliphatic heterocycles. The summed E-state index contributed by atoms with van der Waals surface area (Å²) in [6.45, 7) is 9.72. The molecule has 2 heterocycles. The van der Waals surface area contributed by atoms with Gasteiger partial charge in [-0.2, -0.15) is 5.26 Å². The summed E-state index contributed by atoms with van der Waals surface area (Å²) in [5, 5.41) is 9.04. The molecule has 18 heavy (non-hydrogen) atoms. The molecule has 1 aromatic rings. The number of pyridine rings is 1. The normalized spacial score (nSPS) is 22.6. The first-order valence-electron chi connectivity index (χ1n) is 6.22. The second kappa shape index (κ2) is 4.58. The average molecular weight is 245 g/mol. The van der Waals surface area contributed by atoms with Gasteiger partial charge in [-0.25, -0.2) is 4.98 Å². The summed E-state index contributed by atoms with van der Waals surface area (Å²) in [4.78, 5) is 6.61. The van der Waals surface area contributed by atoms with Crippen molar-refractivity contribution in [1.29, 1.82) is 5.26 Å². The highest BCUT2D eigenvalue weighted by molar-refractivity contribution is 5.45. The maximum Gasteiger partial charge on any atom is 0.145 e. The van der Waals surface area contributed by atoms with E-state index < -0.39 is 0 Å². The minimum Gasteiger partial charge on any atom is -0.369 e. The second-order valence-electron chi connectivity index (χ2n) is 5.52. The summed E-state index contributed by atoms with van der Waals surface area (Å²) in [7, 11) is 0. The Morgan fingerprint density at radius 1 is 1.50 bits per heavy atom. The van der Waals surface area contributed by atoms with Gasteiger partial charge in [-0.3, -0.25) is 0 Å². The van der Waals surface area contributed by atoms with E-state index in [2.05, 4.69) is 36.7 Å². The first-order valence-corrected chi connectivity index (χ1v) is 6.22. The summed E-state index contributed by atoms with van der Waals surface area (Å²) in [6, 6.07) is 6.07. The van der Waals surface area contributed by atoms with E-state index in [-0.39, 0.29) is 11.7 Å². The Bertz CT molecular complexity index is 490. The number of rotatable bonds is 1. The molecule has 0 saturated carbocycles. The molecule has 0 aliphatic carbocycles. The first-order chi connectivity index (χ1) is 8.41. The van der Waals surface area contributed by atoms with E-state index in [4.69, 9.17) is 10.00 Å². The molecule has 1 saturated heterocycles. The smallest absolute Gasteiger partial charge is 0.145 e. The van der Waals surface area contributed by atoms with Crippen molar-refractivity contribution in [3.8, 4) is 6.07 Å². The maximum absolute atomic E-state index is 9.04. The number of hydrogen-bond donors (Lipinski definition) is 0. The number of morpholine rings is 1. The van der Waals surface area contributed by atoms with Crippen molar-refractivity contribution < 1.29 is 4.74 Å². The van der Waals surface area contributed by atoms with Crippen LogP contribution in [0.3, 0.4) is 0 Å². The minimum atomic E-state index is -0.183. The zero-order chi connectivity index (χ0) is 13.3. The van der Waals surface area contributed by atoms with Crippen molar-refractivity contribution in [2.45, 2.75) is 39.4 Å². The van der Waals surface area contributed by atoms with E-state index in [1.807, 2.05) is 19.1 Å². The Labute approximate surface area is 108 Å². The van der Waals surface area contributed by atoms with Crippen LogP contribution in [0.15, 0.2) is 12.1 Å². The lowest BCUT2D eigenvalue weighted by atomic mass is 10.1. The van der Waals surface area contributed by atoms with Gasteiger partial charge in [0.05, 0.1) is 11.7 Å². The average Bonchev–Trinajstić information content (AvgIpc) is 2.27. The molecule has 1 aliphatic rings. The van der Waals surface area contributed by atoms with Crippen molar-refractivity contribution in [3.63, 3.8) is 0 Å². The Balaban J connectivity index is 2.29. The largest absolute Gasteiger partial charge is 0.369 e. The lowest BCUT2D eigenvalue weighted by molar-refractivity contribution is -0.0751. The van der Waals surface area contributed by atoms with Crippen molar-refractivity contribution >= 4 is 5.82 Å². The van der Waals surface area contributed by atoms with Crippen molar-refractivity contribution in [3.05, 3.63) is 23.4 Å². The van der Waals surface area contributed by atoms with Crippen LogP contribution in [0.5, 0.6) is 0 Å². The van der Waals surface area contributed by atoms with Crippen LogP contribution >= 0.6 is 0 Å². The van der Waals surface area contributed by atoms with E-state index in [1.54, 1.807) is 0 Å². The molecular formula is C14H19N3O. The molecule has 0 radical (unpaired) electrons. The fourth-order valence-corrected chi connectivity index (χ4v) is 2.44. The number of nitrogens with zero attached hydrogens (tertiary/aromatic N) is 3. The Hall–Kier alpha value is -1.60. The van der Waals surface area contributed by atoms with Crippen molar-refractivity contribution in [1.82, 2.24) is 4.98 Å². The quantitative estimate of drug-likeness (QED) is 0.761. The summed E-state index contributed by atoms with van der Waals surface area (Å²) in [5.41, 5.74) is 1.24. The number of aromatic nitrogens is 1. The highest BCUT2D eigenvalue weighted by atomic mass is 16.5. The van der Waals surface area contributed by atoms with E-state index in [0.29, 0.717) is 5.69 Å². The zero-order valence-corrected chi connectivity index (χ0v) is 11.4.